The van der Waals surface area contributed by atoms with Gasteiger partial charge in [-0.2, -0.15) is 4.98 Å². The van der Waals surface area contributed by atoms with Crippen LogP contribution in [-0.2, 0) is 4.79 Å². The Hall–Kier alpha value is -4.38. The van der Waals surface area contributed by atoms with Crippen LogP contribution in [0, 0.1) is 5.82 Å². The van der Waals surface area contributed by atoms with E-state index in [4.69, 9.17) is 26.6 Å². The zero-order valence-electron chi connectivity index (χ0n) is 26.6. The third kappa shape index (κ3) is 5.77. The van der Waals surface area contributed by atoms with Crippen LogP contribution in [0.3, 0.4) is 0 Å². The summed E-state index contributed by atoms with van der Waals surface area (Å²) in [6, 6.07) is 7.55. The van der Waals surface area contributed by atoms with E-state index in [9.17, 15) is 9.59 Å². The molecule has 45 heavy (non-hydrogen) atoms. The molecule has 1 aromatic carbocycles. The van der Waals surface area contributed by atoms with E-state index in [0.29, 0.717) is 47.3 Å². The van der Waals surface area contributed by atoms with Gasteiger partial charge in [0.05, 0.1) is 33.2 Å². The predicted molar refractivity (Wildman–Crippen MR) is 177 cm³/mol. The van der Waals surface area contributed by atoms with Crippen molar-refractivity contribution < 1.29 is 9.18 Å². The molecule has 0 aliphatic carbocycles. The molecule has 1 aliphatic rings. The SMILES string of the molecule is C=CC(=O)N1CC(C)N(c2nc(=O)n(-c3c(C(C)C)nc(NC)nc3C(C)C)c3nc(-c4ccccc4F)c(Cl)cc23)CC1C. The number of rotatable bonds is 7. The maximum Gasteiger partial charge on any atom is 0.355 e. The number of amides is 1. The second kappa shape index (κ2) is 12.5. The molecule has 1 fully saturated rings. The van der Waals surface area contributed by atoms with Gasteiger partial charge in [-0.25, -0.2) is 28.7 Å². The Bertz CT molecular complexity index is 1830. The molecule has 10 nitrogen and oxygen atoms in total. The zero-order chi connectivity index (χ0) is 32.7. The van der Waals surface area contributed by atoms with Crippen molar-refractivity contribution in [2.75, 3.05) is 30.4 Å². The topological polar surface area (TPSA) is 109 Å². The molecule has 12 heteroatoms. The molecule has 0 bridgehead atoms. The lowest BCUT2D eigenvalue weighted by molar-refractivity contribution is -0.128. The van der Waals surface area contributed by atoms with E-state index in [0.717, 1.165) is 0 Å². The zero-order valence-corrected chi connectivity index (χ0v) is 27.4. The average Bonchev–Trinajstić information content (AvgIpc) is 3.01. The molecular formula is C33H38ClFN8O2. The summed E-state index contributed by atoms with van der Waals surface area (Å²) in [5.74, 6) is -0.0179. The lowest BCUT2D eigenvalue weighted by Crippen LogP contribution is -2.58. The number of carbonyl (C=O) groups is 1. The van der Waals surface area contributed by atoms with Crippen LogP contribution in [0.2, 0.25) is 5.02 Å². The molecule has 4 heterocycles. The van der Waals surface area contributed by atoms with Crippen molar-refractivity contribution in [3.63, 3.8) is 0 Å². The van der Waals surface area contributed by atoms with Crippen molar-refractivity contribution in [3.05, 3.63) is 75.7 Å². The van der Waals surface area contributed by atoms with Crippen LogP contribution >= 0.6 is 11.6 Å². The quantitative estimate of drug-likeness (QED) is 0.250. The van der Waals surface area contributed by atoms with Gasteiger partial charge in [-0.05, 0) is 50.0 Å². The minimum atomic E-state index is -0.583. The third-order valence-corrected chi connectivity index (χ3v) is 8.41. The minimum Gasteiger partial charge on any atom is -0.357 e. The maximum atomic E-state index is 15.1. The van der Waals surface area contributed by atoms with Crippen molar-refractivity contribution in [1.29, 1.82) is 0 Å². The fraction of sp³-hybridized carbons (Fsp3) is 0.394. The smallest absolute Gasteiger partial charge is 0.355 e. The van der Waals surface area contributed by atoms with E-state index < -0.39 is 11.5 Å². The monoisotopic (exact) mass is 632 g/mol. The molecule has 236 valence electrons. The number of halogens is 2. The lowest BCUT2D eigenvalue weighted by atomic mass is 10.0. The first-order chi connectivity index (χ1) is 21.4. The van der Waals surface area contributed by atoms with Gasteiger partial charge < -0.3 is 15.1 Å². The first-order valence-electron chi connectivity index (χ1n) is 15.1. The van der Waals surface area contributed by atoms with Crippen LogP contribution in [0.5, 0.6) is 0 Å². The Balaban J connectivity index is 1.88. The second-order valence-corrected chi connectivity index (χ2v) is 12.4. The van der Waals surface area contributed by atoms with E-state index in [2.05, 4.69) is 16.9 Å². The van der Waals surface area contributed by atoms with Crippen molar-refractivity contribution in [3.8, 4) is 16.9 Å². The molecule has 1 saturated heterocycles. The first kappa shape index (κ1) is 32.0. The summed E-state index contributed by atoms with van der Waals surface area (Å²) in [4.78, 5) is 49.7. The Morgan fingerprint density at radius 3 is 2.27 bits per heavy atom. The van der Waals surface area contributed by atoms with Gasteiger partial charge >= 0.3 is 5.69 Å². The molecule has 5 rings (SSSR count). The van der Waals surface area contributed by atoms with Gasteiger partial charge in [-0.3, -0.25) is 4.79 Å². The summed E-state index contributed by atoms with van der Waals surface area (Å²) in [7, 11) is 1.75. The number of nitrogens with zero attached hydrogens (tertiary/aromatic N) is 7. The highest BCUT2D eigenvalue weighted by Crippen LogP contribution is 2.37. The minimum absolute atomic E-state index is 0.0936. The van der Waals surface area contributed by atoms with Crippen molar-refractivity contribution in [1.82, 2.24) is 29.4 Å². The fourth-order valence-electron chi connectivity index (χ4n) is 5.85. The van der Waals surface area contributed by atoms with Crippen molar-refractivity contribution in [2.45, 2.75) is 65.5 Å². The van der Waals surface area contributed by atoms with Crippen LogP contribution < -0.4 is 15.9 Å². The molecule has 0 spiro atoms. The Morgan fingerprint density at radius 1 is 1.04 bits per heavy atom. The number of anilines is 2. The fourth-order valence-corrected chi connectivity index (χ4v) is 6.10. The van der Waals surface area contributed by atoms with Gasteiger partial charge in [0.1, 0.15) is 11.6 Å². The summed E-state index contributed by atoms with van der Waals surface area (Å²) in [5.41, 5.74) is 1.83. The molecule has 3 aromatic heterocycles. The molecule has 2 unspecified atom stereocenters. The summed E-state index contributed by atoms with van der Waals surface area (Å²) in [6.07, 6.45) is 1.31. The van der Waals surface area contributed by atoms with Crippen LogP contribution in [-0.4, -0.2) is 67.5 Å². The highest BCUT2D eigenvalue weighted by atomic mass is 35.5. The van der Waals surface area contributed by atoms with Crippen LogP contribution in [0.4, 0.5) is 16.2 Å². The summed E-state index contributed by atoms with van der Waals surface area (Å²) in [5, 5.41) is 3.74. The molecule has 4 aromatic rings. The van der Waals surface area contributed by atoms with Crippen molar-refractivity contribution in [2.24, 2.45) is 0 Å². The Labute approximate surface area is 267 Å². The van der Waals surface area contributed by atoms with E-state index in [1.54, 1.807) is 36.2 Å². The molecule has 1 N–H and O–H groups in total. The van der Waals surface area contributed by atoms with Gasteiger partial charge in [0.2, 0.25) is 11.9 Å². The van der Waals surface area contributed by atoms with Gasteiger partial charge in [-0.1, -0.05) is 58.0 Å². The standard InChI is InChI=1S/C33H38ClFN8O2/c1-9-25(44)41-15-20(7)42(16-19(41)6)30-22-14-23(34)28(21-12-10-11-13-24(21)35)37-31(22)43(33(45)40-30)29-26(17(2)3)38-32(36-8)39-27(29)18(4)5/h9-14,17-20H,1,15-16H2,2-8H3,(H,36,38,39). The lowest BCUT2D eigenvalue weighted by Gasteiger charge is -2.44. The number of benzene rings is 1. The number of hydrogen-bond donors (Lipinski definition) is 1. The summed E-state index contributed by atoms with van der Waals surface area (Å²) >= 11 is 6.85. The number of aromatic nitrogens is 5. The van der Waals surface area contributed by atoms with E-state index in [-0.39, 0.29) is 51.8 Å². The normalized spacial score (nSPS) is 17.0. The van der Waals surface area contributed by atoms with Crippen LogP contribution in [0.1, 0.15) is 64.8 Å². The van der Waals surface area contributed by atoms with Crippen LogP contribution in [0.25, 0.3) is 28.0 Å². The van der Waals surface area contributed by atoms with Crippen molar-refractivity contribution >= 4 is 40.3 Å². The Morgan fingerprint density at radius 2 is 1.69 bits per heavy atom. The van der Waals surface area contributed by atoms with E-state index in [1.807, 2.05) is 46.4 Å². The largest absolute Gasteiger partial charge is 0.357 e. The third-order valence-electron chi connectivity index (χ3n) is 8.13. The Kier molecular flexibility index (Phi) is 8.93. The van der Waals surface area contributed by atoms with Gasteiger partial charge in [-0.15, -0.1) is 0 Å². The van der Waals surface area contributed by atoms with E-state index >= 15 is 4.39 Å². The number of piperazine rings is 1. The van der Waals surface area contributed by atoms with Crippen LogP contribution in [0.15, 0.2) is 47.8 Å². The number of pyridine rings is 1. The van der Waals surface area contributed by atoms with Gasteiger partial charge in [0.25, 0.3) is 0 Å². The summed E-state index contributed by atoms with van der Waals surface area (Å²) in [6.45, 7) is 16.3. The second-order valence-electron chi connectivity index (χ2n) is 12.0. The van der Waals surface area contributed by atoms with Gasteiger partial charge in [0, 0.05) is 37.8 Å². The number of hydrogen-bond acceptors (Lipinski definition) is 8. The molecular weight excluding hydrogens is 595 g/mol. The molecule has 1 aliphatic heterocycles. The molecule has 1 amide bonds. The highest BCUT2D eigenvalue weighted by Gasteiger charge is 2.34. The first-order valence-corrected chi connectivity index (χ1v) is 15.4. The van der Waals surface area contributed by atoms with E-state index in [1.165, 1.54) is 16.7 Å². The summed E-state index contributed by atoms with van der Waals surface area (Å²) < 4.78 is 16.6. The molecule has 0 radical (unpaired) electrons. The predicted octanol–water partition coefficient (Wildman–Crippen LogP) is 5.93. The molecule has 2 atom stereocenters. The highest BCUT2D eigenvalue weighted by molar-refractivity contribution is 6.33. The molecule has 0 saturated carbocycles. The number of carbonyl (C=O) groups excluding carboxylic acids is 1. The van der Waals surface area contributed by atoms with Gasteiger partial charge in [0.15, 0.2) is 5.65 Å². The maximum absolute atomic E-state index is 15.1. The number of fused-ring (bicyclic) bond motifs is 1. The average molecular weight is 633 g/mol. The number of nitrogens with one attached hydrogen (secondary N) is 1.